The number of anilines is 1. The van der Waals surface area contributed by atoms with Gasteiger partial charge in [-0.1, -0.05) is 0 Å². The molecule has 1 fully saturated rings. The highest BCUT2D eigenvalue weighted by Gasteiger charge is 2.19. The maximum atomic E-state index is 11.0. The summed E-state index contributed by atoms with van der Waals surface area (Å²) in [5.74, 6) is 0.607. The first-order valence-corrected chi connectivity index (χ1v) is 5.87. The molecule has 1 N–H and O–H groups in total. The van der Waals surface area contributed by atoms with E-state index in [2.05, 4.69) is 5.32 Å². The van der Waals surface area contributed by atoms with Gasteiger partial charge in [0.1, 0.15) is 11.4 Å². The van der Waals surface area contributed by atoms with Gasteiger partial charge in [0, 0.05) is 31.4 Å². The molecule has 6 heteroatoms. The van der Waals surface area contributed by atoms with Crippen molar-refractivity contribution in [3.63, 3.8) is 0 Å². The van der Waals surface area contributed by atoms with Crippen LogP contribution in [-0.2, 0) is 4.74 Å². The number of hydrogen-bond acceptors (Lipinski definition) is 5. The lowest BCUT2D eigenvalue weighted by Gasteiger charge is -2.24. The molecule has 1 aromatic rings. The van der Waals surface area contributed by atoms with Gasteiger partial charge in [-0.15, -0.1) is 0 Å². The Morgan fingerprint density at radius 1 is 1.44 bits per heavy atom. The number of nitro benzene ring substituents is 1. The Hall–Kier alpha value is -1.82. The fourth-order valence-electron chi connectivity index (χ4n) is 1.98. The van der Waals surface area contributed by atoms with Gasteiger partial charge in [0.2, 0.25) is 0 Å². The molecule has 1 heterocycles. The number of nitro groups is 1. The summed E-state index contributed by atoms with van der Waals surface area (Å²) in [4.78, 5) is 10.6. The first kappa shape index (κ1) is 12.6. The fraction of sp³-hybridized carbons (Fsp3) is 0.500. The molecule has 0 bridgehead atoms. The van der Waals surface area contributed by atoms with Gasteiger partial charge in [-0.3, -0.25) is 10.1 Å². The molecule has 0 radical (unpaired) electrons. The van der Waals surface area contributed by atoms with Crippen molar-refractivity contribution in [1.29, 1.82) is 0 Å². The van der Waals surface area contributed by atoms with E-state index in [-0.39, 0.29) is 16.7 Å². The summed E-state index contributed by atoms with van der Waals surface area (Å²) >= 11 is 0. The van der Waals surface area contributed by atoms with E-state index in [1.165, 1.54) is 6.07 Å². The van der Waals surface area contributed by atoms with E-state index in [1.54, 1.807) is 19.2 Å². The van der Waals surface area contributed by atoms with Gasteiger partial charge in [0.25, 0.3) is 5.69 Å². The molecule has 1 aromatic carbocycles. The molecular weight excluding hydrogens is 236 g/mol. The van der Waals surface area contributed by atoms with Crippen molar-refractivity contribution in [3.05, 3.63) is 28.3 Å². The Kier molecular flexibility index (Phi) is 3.99. The average molecular weight is 252 g/mol. The Morgan fingerprint density at radius 3 is 2.78 bits per heavy atom. The monoisotopic (exact) mass is 252 g/mol. The molecule has 0 amide bonds. The summed E-state index contributed by atoms with van der Waals surface area (Å²) in [5, 5.41) is 14.2. The van der Waals surface area contributed by atoms with Crippen LogP contribution < -0.4 is 10.1 Å². The van der Waals surface area contributed by atoms with Crippen molar-refractivity contribution < 1.29 is 14.4 Å². The fourth-order valence-corrected chi connectivity index (χ4v) is 1.98. The molecular formula is C12H16N2O4. The Morgan fingerprint density at radius 2 is 2.17 bits per heavy atom. The van der Waals surface area contributed by atoms with E-state index < -0.39 is 0 Å². The summed E-state index contributed by atoms with van der Waals surface area (Å²) < 4.78 is 10.4. The minimum absolute atomic E-state index is 0.0716. The summed E-state index contributed by atoms with van der Waals surface area (Å²) in [6.07, 6.45) is 1.71. The topological polar surface area (TPSA) is 73.6 Å². The molecule has 1 saturated heterocycles. The highest BCUT2D eigenvalue weighted by atomic mass is 16.6. The molecule has 6 nitrogen and oxygen atoms in total. The quantitative estimate of drug-likeness (QED) is 0.656. The number of hydrogen-bond donors (Lipinski definition) is 1. The highest BCUT2D eigenvalue weighted by molar-refractivity contribution is 5.64. The van der Waals surface area contributed by atoms with E-state index >= 15 is 0 Å². The second-order valence-corrected chi connectivity index (χ2v) is 4.17. The zero-order chi connectivity index (χ0) is 13.0. The Balaban J connectivity index is 2.19. The Bertz CT molecular complexity index is 430. The molecule has 0 atom stereocenters. The first-order valence-electron chi connectivity index (χ1n) is 5.87. The second kappa shape index (κ2) is 5.68. The number of ether oxygens (including phenoxy) is 2. The van der Waals surface area contributed by atoms with Crippen molar-refractivity contribution in [2.45, 2.75) is 18.9 Å². The Labute approximate surface area is 105 Å². The lowest BCUT2D eigenvalue weighted by atomic mass is 10.1. The minimum atomic E-state index is -0.388. The average Bonchev–Trinajstić information content (AvgIpc) is 2.39. The predicted octanol–water partition coefficient (Wildman–Crippen LogP) is 2.19. The van der Waals surface area contributed by atoms with E-state index in [1.807, 2.05) is 0 Å². The molecule has 0 aromatic heterocycles. The van der Waals surface area contributed by atoms with Gasteiger partial charge in [-0.25, -0.2) is 0 Å². The van der Waals surface area contributed by atoms with Gasteiger partial charge in [0.05, 0.1) is 12.0 Å². The van der Waals surface area contributed by atoms with Crippen LogP contribution >= 0.6 is 0 Å². The minimum Gasteiger partial charge on any atom is -0.497 e. The maximum absolute atomic E-state index is 11.0. The molecule has 0 aliphatic carbocycles. The zero-order valence-corrected chi connectivity index (χ0v) is 10.2. The van der Waals surface area contributed by atoms with Gasteiger partial charge >= 0.3 is 0 Å². The maximum Gasteiger partial charge on any atom is 0.292 e. The summed E-state index contributed by atoms with van der Waals surface area (Å²) in [5.41, 5.74) is 0.577. The number of benzene rings is 1. The van der Waals surface area contributed by atoms with Crippen LogP contribution in [0.3, 0.4) is 0 Å². The first-order chi connectivity index (χ1) is 8.70. The van der Waals surface area contributed by atoms with Crippen LogP contribution in [0.4, 0.5) is 11.4 Å². The van der Waals surface area contributed by atoms with Crippen LogP contribution in [0.25, 0.3) is 0 Å². The van der Waals surface area contributed by atoms with Crippen LogP contribution in [0, 0.1) is 10.1 Å². The van der Waals surface area contributed by atoms with E-state index in [0.29, 0.717) is 24.7 Å². The number of nitrogens with one attached hydrogen (secondary N) is 1. The zero-order valence-electron chi connectivity index (χ0n) is 10.2. The second-order valence-electron chi connectivity index (χ2n) is 4.17. The van der Waals surface area contributed by atoms with Crippen molar-refractivity contribution in [2.24, 2.45) is 0 Å². The molecule has 98 valence electrons. The highest BCUT2D eigenvalue weighted by Crippen LogP contribution is 2.30. The van der Waals surface area contributed by atoms with E-state index in [9.17, 15) is 10.1 Å². The summed E-state index contributed by atoms with van der Waals surface area (Å²) in [6, 6.07) is 4.92. The van der Waals surface area contributed by atoms with E-state index in [4.69, 9.17) is 9.47 Å². The lowest BCUT2D eigenvalue weighted by molar-refractivity contribution is -0.384. The summed E-state index contributed by atoms with van der Waals surface area (Å²) in [7, 11) is 1.54. The molecule has 2 rings (SSSR count). The smallest absolute Gasteiger partial charge is 0.292 e. The molecule has 1 aliphatic heterocycles. The standard InChI is InChI=1S/C12H16N2O4/c1-17-10-2-3-12(14(15)16)11(8-10)13-9-4-6-18-7-5-9/h2-3,8-9,13H,4-7H2,1H3. The third-order valence-electron chi connectivity index (χ3n) is 2.98. The van der Waals surface area contributed by atoms with Crippen molar-refractivity contribution in [2.75, 3.05) is 25.6 Å². The van der Waals surface area contributed by atoms with Crippen LogP contribution in [0.2, 0.25) is 0 Å². The number of nitrogens with zero attached hydrogens (tertiary/aromatic N) is 1. The molecule has 0 unspecified atom stereocenters. The molecule has 0 spiro atoms. The molecule has 0 saturated carbocycles. The van der Waals surface area contributed by atoms with Gasteiger partial charge in [-0.2, -0.15) is 0 Å². The summed E-state index contributed by atoms with van der Waals surface area (Å²) in [6.45, 7) is 1.38. The van der Waals surface area contributed by atoms with Crippen molar-refractivity contribution in [3.8, 4) is 5.75 Å². The number of methoxy groups -OCH3 is 1. The van der Waals surface area contributed by atoms with Crippen LogP contribution in [-0.4, -0.2) is 31.3 Å². The predicted molar refractivity (Wildman–Crippen MR) is 67.1 cm³/mol. The van der Waals surface area contributed by atoms with Crippen LogP contribution in [0.15, 0.2) is 18.2 Å². The third-order valence-corrected chi connectivity index (χ3v) is 2.98. The normalized spacial score (nSPS) is 16.3. The molecule has 18 heavy (non-hydrogen) atoms. The van der Waals surface area contributed by atoms with Crippen molar-refractivity contribution in [1.82, 2.24) is 0 Å². The third kappa shape index (κ3) is 2.89. The largest absolute Gasteiger partial charge is 0.497 e. The number of rotatable bonds is 4. The van der Waals surface area contributed by atoms with Crippen LogP contribution in [0.5, 0.6) is 5.75 Å². The van der Waals surface area contributed by atoms with Crippen LogP contribution in [0.1, 0.15) is 12.8 Å². The van der Waals surface area contributed by atoms with Crippen molar-refractivity contribution >= 4 is 11.4 Å². The SMILES string of the molecule is COc1ccc([N+](=O)[O-])c(NC2CCOCC2)c1. The molecule has 1 aliphatic rings. The van der Waals surface area contributed by atoms with E-state index in [0.717, 1.165) is 12.8 Å². The lowest BCUT2D eigenvalue weighted by Crippen LogP contribution is -2.28. The van der Waals surface area contributed by atoms with Gasteiger partial charge < -0.3 is 14.8 Å². The van der Waals surface area contributed by atoms with Gasteiger partial charge in [-0.05, 0) is 18.9 Å². The van der Waals surface area contributed by atoms with Gasteiger partial charge in [0.15, 0.2) is 0 Å².